The third kappa shape index (κ3) is 4.71. The van der Waals surface area contributed by atoms with E-state index < -0.39 is 18.0 Å². The number of amides is 1. The number of rotatable bonds is 6. The maximum atomic E-state index is 12.0. The van der Waals surface area contributed by atoms with Crippen molar-refractivity contribution in [1.82, 2.24) is 0 Å². The number of nitrogens with one attached hydrogen (secondary N) is 1. The van der Waals surface area contributed by atoms with Gasteiger partial charge in [-0.2, -0.15) is 5.26 Å². The molecule has 1 heterocycles. The number of para-hydroxylation sites is 1. The molecule has 0 fully saturated rings. The molecule has 0 saturated heterocycles. The first kappa shape index (κ1) is 16.3. The average molecular weight is 312 g/mol. The summed E-state index contributed by atoms with van der Waals surface area (Å²) in [5, 5.41) is 11.6. The second-order valence-corrected chi connectivity index (χ2v) is 4.86. The van der Waals surface area contributed by atoms with E-state index in [1.807, 2.05) is 6.07 Å². The summed E-state index contributed by atoms with van der Waals surface area (Å²) in [7, 11) is 0. The first-order valence-electron chi connectivity index (χ1n) is 7.12. The van der Waals surface area contributed by atoms with Gasteiger partial charge >= 0.3 is 5.97 Å². The van der Waals surface area contributed by atoms with Crippen LogP contribution in [0.25, 0.3) is 0 Å². The van der Waals surface area contributed by atoms with E-state index in [4.69, 9.17) is 14.4 Å². The average Bonchev–Trinajstić information content (AvgIpc) is 3.06. The summed E-state index contributed by atoms with van der Waals surface area (Å²) in [5.74, 6) is -0.293. The van der Waals surface area contributed by atoms with Gasteiger partial charge in [-0.1, -0.05) is 12.1 Å². The molecular formula is C17H16N2O4. The standard InChI is InChI=1S/C17H16N2O4/c1-12(23-16(20)9-8-14-6-4-10-22-14)17(21)19-15-7-3-2-5-13(15)11-18/h2-7,10,12H,8-9H2,1H3,(H,19,21)/t12-/m1/s1. The highest BCUT2D eigenvalue weighted by Crippen LogP contribution is 2.14. The molecule has 6 nitrogen and oxygen atoms in total. The van der Waals surface area contributed by atoms with Crippen molar-refractivity contribution in [2.45, 2.75) is 25.9 Å². The van der Waals surface area contributed by atoms with Crippen molar-refractivity contribution in [3.8, 4) is 6.07 Å². The molecule has 0 saturated carbocycles. The quantitative estimate of drug-likeness (QED) is 0.828. The molecule has 2 aromatic rings. The number of anilines is 1. The molecule has 1 aromatic carbocycles. The van der Waals surface area contributed by atoms with Gasteiger partial charge in [0, 0.05) is 6.42 Å². The van der Waals surface area contributed by atoms with E-state index in [0.29, 0.717) is 23.4 Å². The molecule has 6 heteroatoms. The van der Waals surface area contributed by atoms with E-state index in [-0.39, 0.29) is 6.42 Å². The number of nitrogens with zero attached hydrogens (tertiary/aromatic N) is 1. The van der Waals surface area contributed by atoms with Crippen LogP contribution < -0.4 is 5.32 Å². The highest BCUT2D eigenvalue weighted by atomic mass is 16.5. The fourth-order valence-electron chi connectivity index (χ4n) is 1.91. The normalized spacial score (nSPS) is 11.3. The van der Waals surface area contributed by atoms with Crippen LogP contribution in [-0.4, -0.2) is 18.0 Å². The minimum atomic E-state index is -0.953. The van der Waals surface area contributed by atoms with Crippen molar-refractivity contribution < 1.29 is 18.7 Å². The molecule has 0 spiro atoms. The lowest BCUT2D eigenvalue weighted by molar-refractivity contribution is -0.153. The highest BCUT2D eigenvalue weighted by Gasteiger charge is 2.19. The minimum Gasteiger partial charge on any atom is -0.469 e. The zero-order valence-corrected chi connectivity index (χ0v) is 12.6. The summed E-state index contributed by atoms with van der Waals surface area (Å²) in [6.07, 6.45) is 1.12. The van der Waals surface area contributed by atoms with Crippen LogP contribution in [0.5, 0.6) is 0 Å². The summed E-state index contributed by atoms with van der Waals surface area (Å²) >= 11 is 0. The number of aryl methyl sites for hydroxylation is 1. The van der Waals surface area contributed by atoms with E-state index in [0.717, 1.165) is 0 Å². The van der Waals surface area contributed by atoms with Crippen molar-refractivity contribution in [3.63, 3.8) is 0 Å². The van der Waals surface area contributed by atoms with Crippen LogP contribution >= 0.6 is 0 Å². The number of esters is 1. The van der Waals surface area contributed by atoms with Crippen LogP contribution in [0.1, 0.15) is 24.7 Å². The number of carbonyl (C=O) groups is 2. The van der Waals surface area contributed by atoms with Gasteiger partial charge in [-0.15, -0.1) is 0 Å². The van der Waals surface area contributed by atoms with Crippen LogP contribution in [0.3, 0.4) is 0 Å². The van der Waals surface area contributed by atoms with Crippen molar-refractivity contribution in [2.24, 2.45) is 0 Å². The molecular weight excluding hydrogens is 296 g/mol. The first-order valence-corrected chi connectivity index (χ1v) is 7.12. The molecule has 1 N–H and O–H groups in total. The molecule has 118 valence electrons. The van der Waals surface area contributed by atoms with Crippen LogP contribution in [0, 0.1) is 11.3 Å². The van der Waals surface area contributed by atoms with Crippen molar-refractivity contribution in [3.05, 3.63) is 54.0 Å². The Kier molecular flexibility index (Phi) is 5.53. The number of hydrogen-bond acceptors (Lipinski definition) is 5. The molecule has 1 aromatic heterocycles. The van der Waals surface area contributed by atoms with Gasteiger partial charge in [0.25, 0.3) is 5.91 Å². The number of carbonyl (C=O) groups excluding carboxylic acids is 2. The topological polar surface area (TPSA) is 92.3 Å². The summed E-state index contributed by atoms with van der Waals surface area (Å²) in [5.41, 5.74) is 0.732. The van der Waals surface area contributed by atoms with Gasteiger partial charge < -0.3 is 14.5 Å². The molecule has 0 aliphatic rings. The summed E-state index contributed by atoms with van der Waals surface area (Å²) in [6, 6.07) is 12.1. The van der Waals surface area contributed by atoms with E-state index >= 15 is 0 Å². The second-order valence-electron chi connectivity index (χ2n) is 4.86. The van der Waals surface area contributed by atoms with Crippen molar-refractivity contribution in [1.29, 1.82) is 5.26 Å². The fourth-order valence-corrected chi connectivity index (χ4v) is 1.91. The number of hydrogen-bond donors (Lipinski definition) is 1. The molecule has 0 aliphatic heterocycles. The zero-order chi connectivity index (χ0) is 16.7. The SMILES string of the molecule is C[C@@H](OC(=O)CCc1ccco1)C(=O)Nc1ccccc1C#N. The first-order chi connectivity index (χ1) is 11.1. The maximum absolute atomic E-state index is 12.0. The van der Waals surface area contributed by atoms with Gasteiger partial charge in [0.2, 0.25) is 0 Å². The van der Waals surface area contributed by atoms with Gasteiger partial charge in [0.15, 0.2) is 6.10 Å². The Morgan fingerprint density at radius 2 is 2.09 bits per heavy atom. The summed E-state index contributed by atoms with van der Waals surface area (Å²) in [6.45, 7) is 1.48. The lowest BCUT2D eigenvalue weighted by Gasteiger charge is -2.14. The fraction of sp³-hybridized carbons (Fsp3) is 0.235. The van der Waals surface area contributed by atoms with Crippen molar-refractivity contribution in [2.75, 3.05) is 5.32 Å². The molecule has 0 radical (unpaired) electrons. The predicted molar refractivity (Wildman–Crippen MR) is 82.4 cm³/mol. The maximum Gasteiger partial charge on any atom is 0.307 e. The lowest BCUT2D eigenvalue weighted by atomic mass is 10.2. The number of benzene rings is 1. The van der Waals surface area contributed by atoms with Crippen molar-refractivity contribution >= 4 is 17.6 Å². The smallest absolute Gasteiger partial charge is 0.307 e. The van der Waals surface area contributed by atoms with Gasteiger partial charge in [0.05, 0.1) is 23.9 Å². The van der Waals surface area contributed by atoms with Gasteiger partial charge in [-0.05, 0) is 31.2 Å². The van der Waals surface area contributed by atoms with E-state index in [9.17, 15) is 9.59 Å². The Morgan fingerprint density at radius 3 is 2.78 bits per heavy atom. The van der Waals surface area contributed by atoms with Crippen LogP contribution in [-0.2, 0) is 20.7 Å². The zero-order valence-electron chi connectivity index (χ0n) is 12.6. The largest absolute Gasteiger partial charge is 0.469 e. The second kappa shape index (κ2) is 7.80. The Bertz CT molecular complexity index is 716. The highest BCUT2D eigenvalue weighted by molar-refractivity contribution is 5.96. The molecule has 1 atom stereocenters. The third-order valence-corrected chi connectivity index (χ3v) is 3.14. The number of furan rings is 1. The third-order valence-electron chi connectivity index (χ3n) is 3.14. The Labute approximate surface area is 133 Å². The minimum absolute atomic E-state index is 0.125. The number of nitriles is 1. The van der Waals surface area contributed by atoms with E-state index in [1.54, 1.807) is 36.4 Å². The number of ether oxygens (including phenoxy) is 1. The van der Waals surface area contributed by atoms with Crippen LogP contribution in [0.15, 0.2) is 47.1 Å². The monoisotopic (exact) mass is 312 g/mol. The summed E-state index contributed by atoms with van der Waals surface area (Å²) < 4.78 is 10.2. The van der Waals surface area contributed by atoms with Crippen LogP contribution in [0.2, 0.25) is 0 Å². The molecule has 2 rings (SSSR count). The molecule has 0 aliphatic carbocycles. The Hall–Kier alpha value is -3.07. The molecule has 0 unspecified atom stereocenters. The van der Waals surface area contributed by atoms with E-state index in [2.05, 4.69) is 5.32 Å². The molecule has 0 bridgehead atoms. The molecule has 23 heavy (non-hydrogen) atoms. The lowest BCUT2D eigenvalue weighted by Crippen LogP contribution is -2.30. The Balaban J connectivity index is 1.85. The van der Waals surface area contributed by atoms with Gasteiger partial charge in [-0.3, -0.25) is 9.59 Å². The van der Waals surface area contributed by atoms with E-state index in [1.165, 1.54) is 13.2 Å². The van der Waals surface area contributed by atoms with Crippen LogP contribution in [0.4, 0.5) is 5.69 Å². The summed E-state index contributed by atoms with van der Waals surface area (Å²) in [4.78, 5) is 23.8. The van der Waals surface area contributed by atoms with Gasteiger partial charge in [0.1, 0.15) is 11.8 Å². The Morgan fingerprint density at radius 1 is 1.30 bits per heavy atom. The predicted octanol–water partition coefficient (Wildman–Crippen LogP) is 2.65. The molecule has 1 amide bonds. The van der Waals surface area contributed by atoms with Gasteiger partial charge in [-0.25, -0.2) is 0 Å².